The molecule has 0 saturated carbocycles. The maximum atomic E-state index is 12.7. The zero-order chi connectivity index (χ0) is 18.9. The third-order valence-corrected chi connectivity index (χ3v) is 4.55. The summed E-state index contributed by atoms with van der Waals surface area (Å²) in [6.07, 6.45) is -2.02. The zero-order valence-electron chi connectivity index (χ0n) is 14.4. The number of benzene rings is 1. The fourth-order valence-corrected chi connectivity index (χ4v) is 3.15. The average molecular weight is 365 g/mol. The average Bonchev–Trinajstić information content (AvgIpc) is 2.65. The van der Waals surface area contributed by atoms with Crippen molar-refractivity contribution in [3.05, 3.63) is 52.8 Å². The molecule has 2 heterocycles. The van der Waals surface area contributed by atoms with Crippen molar-refractivity contribution in [1.29, 1.82) is 0 Å². The first-order valence-electron chi connectivity index (χ1n) is 8.18. The fourth-order valence-electron chi connectivity index (χ4n) is 3.15. The second kappa shape index (κ2) is 6.93. The lowest BCUT2D eigenvalue weighted by Crippen LogP contribution is -2.35. The molecule has 0 saturated heterocycles. The van der Waals surface area contributed by atoms with Crippen LogP contribution in [0.15, 0.2) is 30.6 Å². The van der Waals surface area contributed by atoms with Crippen LogP contribution in [0.25, 0.3) is 0 Å². The summed E-state index contributed by atoms with van der Waals surface area (Å²) < 4.78 is 42.8. The number of ether oxygens (including phenoxy) is 1. The Hall–Kier alpha value is -2.64. The van der Waals surface area contributed by atoms with Crippen LogP contribution in [0.3, 0.4) is 0 Å². The Bertz CT molecular complexity index is 806. The highest BCUT2D eigenvalue weighted by Crippen LogP contribution is 2.34. The molecule has 0 bridgehead atoms. The molecule has 0 radical (unpaired) electrons. The molecule has 1 aromatic heterocycles. The molecule has 1 unspecified atom stereocenters. The Morgan fingerprint density at radius 1 is 1.31 bits per heavy atom. The van der Waals surface area contributed by atoms with Gasteiger partial charge in [-0.1, -0.05) is 13.0 Å². The van der Waals surface area contributed by atoms with Crippen LogP contribution in [-0.4, -0.2) is 29.6 Å². The highest BCUT2D eigenvalue weighted by atomic mass is 19.4. The normalized spacial score (nSPS) is 17.0. The summed E-state index contributed by atoms with van der Waals surface area (Å²) in [6.45, 7) is 3.06. The van der Waals surface area contributed by atoms with E-state index in [9.17, 15) is 18.0 Å². The number of hydrogen-bond donors (Lipinski definition) is 0. The molecule has 1 atom stereocenters. The number of rotatable bonds is 3. The molecule has 0 aliphatic carbocycles. The van der Waals surface area contributed by atoms with Gasteiger partial charge in [0.05, 0.1) is 18.2 Å². The van der Waals surface area contributed by atoms with E-state index in [-0.39, 0.29) is 11.9 Å². The van der Waals surface area contributed by atoms with Crippen LogP contribution in [-0.2, 0) is 17.5 Å². The summed E-state index contributed by atoms with van der Waals surface area (Å²) in [7, 11) is 1.32. The van der Waals surface area contributed by atoms with Crippen LogP contribution in [0, 0.1) is 0 Å². The number of esters is 1. The molecule has 8 heteroatoms. The topological polar surface area (TPSA) is 55.3 Å². The fraction of sp³-hybridized carbons (Fsp3) is 0.389. The minimum atomic E-state index is -4.46. The number of carbonyl (C=O) groups excluding carboxylic acids is 1. The SMILES string of the molecule is CCC1CN(c2ncc(C(F)(F)F)cn2)Cc2cc(C(=O)OC)ccc21. The van der Waals surface area contributed by atoms with Crippen LogP contribution in [0.2, 0.25) is 0 Å². The lowest BCUT2D eigenvalue weighted by atomic mass is 9.87. The van der Waals surface area contributed by atoms with Gasteiger partial charge in [0.2, 0.25) is 5.95 Å². The lowest BCUT2D eigenvalue weighted by Gasteiger charge is -2.34. The van der Waals surface area contributed by atoms with E-state index in [1.165, 1.54) is 7.11 Å². The Labute approximate surface area is 148 Å². The predicted octanol–water partition coefficient (Wildman–Crippen LogP) is 3.80. The highest BCUT2D eigenvalue weighted by Gasteiger charge is 2.32. The largest absolute Gasteiger partial charge is 0.465 e. The standard InChI is InChI=1S/C18H18F3N3O2/c1-3-11-9-24(17-22-7-14(8-23-17)18(19,20)21)10-13-6-12(16(25)26-2)4-5-15(11)13/h4-8,11H,3,9-10H2,1-2H3. The maximum Gasteiger partial charge on any atom is 0.419 e. The van der Waals surface area contributed by atoms with Crippen molar-refractivity contribution in [2.75, 3.05) is 18.6 Å². The summed E-state index contributed by atoms with van der Waals surface area (Å²) in [4.78, 5) is 21.4. The molecule has 1 aliphatic rings. The number of fused-ring (bicyclic) bond motifs is 1. The summed E-state index contributed by atoms with van der Waals surface area (Å²) >= 11 is 0. The summed E-state index contributed by atoms with van der Waals surface area (Å²) in [5, 5.41) is 0. The number of anilines is 1. The van der Waals surface area contributed by atoms with E-state index >= 15 is 0 Å². The van der Waals surface area contributed by atoms with E-state index in [1.54, 1.807) is 12.1 Å². The zero-order valence-corrected chi connectivity index (χ0v) is 14.4. The number of methoxy groups -OCH3 is 1. The smallest absolute Gasteiger partial charge is 0.419 e. The van der Waals surface area contributed by atoms with Crippen molar-refractivity contribution < 1.29 is 22.7 Å². The number of halogens is 3. The molecular formula is C18H18F3N3O2. The molecule has 0 amide bonds. The monoisotopic (exact) mass is 365 g/mol. The molecule has 1 aliphatic heterocycles. The van der Waals surface area contributed by atoms with Gasteiger partial charge in [-0.3, -0.25) is 0 Å². The predicted molar refractivity (Wildman–Crippen MR) is 88.9 cm³/mol. The molecule has 0 N–H and O–H groups in total. The molecule has 1 aromatic carbocycles. The van der Waals surface area contributed by atoms with Crippen molar-refractivity contribution in [3.8, 4) is 0 Å². The first-order chi connectivity index (χ1) is 12.3. The minimum absolute atomic E-state index is 0.177. The van der Waals surface area contributed by atoms with Crippen molar-refractivity contribution in [3.63, 3.8) is 0 Å². The van der Waals surface area contributed by atoms with Gasteiger partial charge in [0.15, 0.2) is 0 Å². The first kappa shape index (κ1) is 18.2. The molecule has 0 fully saturated rings. The second-order valence-corrected chi connectivity index (χ2v) is 6.16. The van der Waals surface area contributed by atoms with Gasteiger partial charge in [0, 0.05) is 31.4 Å². The minimum Gasteiger partial charge on any atom is -0.465 e. The van der Waals surface area contributed by atoms with Crippen LogP contribution in [0.4, 0.5) is 19.1 Å². The van der Waals surface area contributed by atoms with E-state index in [0.29, 0.717) is 18.7 Å². The molecular weight excluding hydrogens is 347 g/mol. The Morgan fingerprint density at radius 2 is 2.00 bits per heavy atom. The van der Waals surface area contributed by atoms with Gasteiger partial charge < -0.3 is 9.64 Å². The van der Waals surface area contributed by atoms with E-state index < -0.39 is 17.7 Å². The Morgan fingerprint density at radius 3 is 2.58 bits per heavy atom. The number of alkyl halides is 3. The molecule has 138 valence electrons. The number of carbonyl (C=O) groups is 1. The van der Waals surface area contributed by atoms with Gasteiger partial charge in [-0.25, -0.2) is 14.8 Å². The van der Waals surface area contributed by atoms with E-state index in [4.69, 9.17) is 4.74 Å². The number of aromatic nitrogens is 2. The van der Waals surface area contributed by atoms with Gasteiger partial charge in [0.25, 0.3) is 0 Å². The van der Waals surface area contributed by atoms with Crippen LogP contribution in [0.5, 0.6) is 0 Å². The first-order valence-corrected chi connectivity index (χ1v) is 8.18. The summed E-state index contributed by atoms with van der Waals surface area (Å²) in [6, 6.07) is 5.42. The Kier molecular flexibility index (Phi) is 4.84. The van der Waals surface area contributed by atoms with Gasteiger partial charge >= 0.3 is 12.1 Å². The van der Waals surface area contributed by atoms with E-state index in [2.05, 4.69) is 9.97 Å². The van der Waals surface area contributed by atoms with Crippen molar-refractivity contribution >= 4 is 11.9 Å². The molecule has 3 rings (SSSR count). The second-order valence-electron chi connectivity index (χ2n) is 6.16. The van der Waals surface area contributed by atoms with Crippen molar-refractivity contribution in [1.82, 2.24) is 9.97 Å². The van der Waals surface area contributed by atoms with Gasteiger partial charge in [-0.15, -0.1) is 0 Å². The number of nitrogens with zero attached hydrogens (tertiary/aromatic N) is 3. The summed E-state index contributed by atoms with van der Waals surface area (Å²) in [5.41, 5.74) is 1.62. The van der Waals surface area contributed by atoms with Crippen molar-refractivity contribution in [2.24, 2.45) is 0 Å². The maximum absolute atomic E-state index is 12.7. The quantitative estimate of drug-likeness (QED) is 0.775. The number of hydrogen-bond acceptors (Lipinski definition) is 5. The van der Waals surface area contributed by atoms with E-state index in [0.717, 1.165) is 29.9 Å². The molecule has 5 nitrogen and oxygen atoms in total. The molecule has 26 heavy (non-hydrogen) atoms. The van der Waals surface area contributed by atoms with Crippen molar-refractivity contribution in [2.45, 2.75) is 32.0 Å². The van der Waals surface area contributed by atoms with Gasteiger partial charge in [0.1, 0.15) is 0 Å². The third kappa shape index (κ3) is 3.49. The Balaban J connectivity index is 1.91. The van der Waals surface area contributed by atoms with Crippen LogP contribution in [0.1, 0.15) is 46.3 Å². The molecule has 2 aromatic rings. The van der Waals surface area contributed by atoms with E-state index in [1.807, 2.05) is 17.9 Å². The van der Waals surface area contributed by atoms with Gasteiger partial charge in [-0.2, -0.15) is 13.2 Å². The third-order valence-electron chi connectivity index (χ3n) is 4.55. The van der Waals surface area contributed by atoms with Crippen LogP contribution < -0.4 is 4.90 Å². The van der Waals surface area contributed by atoms with Gasteiger partial charge in [-0.05, 0) is 29.7 Å². The summed E-state index contributed by atoms with van der Waals surface area (Å²) in [5.74, 6) is -0.00865. The molecule has 0 spiro atoms. The van der Waals surface area contributed by atoms with Crippen LogP contribution >= 0.6 is 0 Å². The highest BCUT2D eigenvalue weighted by molar-refractivity contribution is 5.89. The lowest BCUT2D eigenvalue weighted by molar-refractivity contribution is -0.138.